The first-order chi connectivity index (χ1) is 16.8. The first-order valence-corrected chi connectivity index (χ1v) is 11.8. The van der Waals surface area contributed by atoms with Crippen LogP contribution in [0.15, 0.2) is 60.7 Å². The van der Waals surface area contributed by atoms with Crippen LogP contribution in [-0.4, -0.2) is 67.3 Å². The van der Waals surface area contributed by atoms with E-state index < -0.39 is 30.1 Å². The van der Waals surface area contributed by atoms with E-state index in [1.165, 1.54) is 0 Å². The number of carboxylic acids is 1. The van der Waals surface area contributed by atoms with E-state index in [0.29, 0.717) is 12.8 Å². The second-order valence-electron chi connectivity index (χ2n) is 9.33. The van der Waals surface area contributed by atoms with E-state index in [4.69, 9.17) is 4.74 Å². The minimum atomic E-state index is -0.879. The molecule has 0 saturated heterocycles. The fraction of sp³-hybridized carbons (Fsp3) is 0.370. The SMILES string of the molecule is CN(C)CC(NC(=O)OCC1c2ccccc2-c2ccccc21)C(=O)N[C@@H]1C=CC[C@@H](C(=O)O)C1. The van der Waals surface area contributed by atoms with Gasteiger partial charge in [-0.1, -0.05) is 60.7 Å². The van der Waals surface area contributed by atoms with Crippen molar-refractivity contribution in [1.29, 1.82) is 0 Å². The smallest absolute Gasteiger partial charge is 0.407 e. The summed E-state index contributed by atoms with van der Waals surface area (Å²) in [6.07, 6.45) is 3.67. The number of carbonyl (C=O) groups excluding carboxylic acids is 2. The van der Waals surface area contributed by atoms with Crippen molar-refractivity contribution in [2.45, 2.75) is 30.8 Å². The molecule has 0 bridgehead atoms. The Bertz CT molecular complexity index is 1080. The van der Waals surface area contributed by atoms with Crippen molar-refractivity contribution in [2.75, 3.05) is 27.2 Å². The van der Waals surface area contributed by atoms with Crippen LogP contribution in [0.2, 0.25) is 0 Å². The molecule has 35 heavy (non-hydrogen) atoms. The summed E-state index contributed by atoms with van der Waals surface area (Å²) in [6, 6.07) is 14.9. The first-order valence-electron chi connectivity index (χ1n) is 11.8. The highest BCUT2D eigenvalue weighted by Crippen LogP contribution is 2.44. The van der Waals surface area contributed by atoms with Gasteiger partial charge in [0.25, 0.3) is 0 Å². The molecular weight excluding hydrogens is 446 g/mol. The van der Waals surface area contributed by atoms with Crippen LogP contribution in [0.5, 0.6) is 0 Å². The van der Waals surface area contributed by atoms with Gasteiger partial charge in [0.1, 0.15) is 12.6 Å². The normalized spacial score (nSPS) is 19.5. The highest BCUT2D eigenvalue weighted by atomic mass is 16.5. The molecule has 1 unspecified atom stereocenters. The number of amides is 2. The van der Waals surface area contributed by atoms with E-state index in [-0.39, 0.29) is 25.0 Å². The average molecular weight is 478 g/mol. The summed E-state index contributed by atoms with van der Waals surface area (Å²) in [5, 5.41) is 14.8. The highest BCUT2D eigenvalue weighted by molar-refractivity contribution is 5.86. The maximum absolute atomic E-state index is 13.0. The summed E-state index contributed by atoms with van der Waals surface area (Å²) in [5.41, 5.74) is 4.51. The van der Waals surface area contributed by atoms with E-state index in [1.807, 2.05) is 36.4 Å². The molecule has 3 N–H and O–H groups in total. The summed E-state index contributed by atoms with van der Waals surface area (Å²) >= 11 is 0. The molecule has 2 aliphatic carbocycles. The van der Waals surface area contributed by atoms with E-state index in [2.05, 4.69) is 22.8 Å². The fourth-order valence-electron chi connectivity index (χ4n) is 4.82. The van der Waals surface area contributed by atoms with Crippen LogP contribution >= 0.6 is 0 Å². The van der Waals surface area contributed by atoms with Crippen LogP contribution in [0.3, 0.4) is 0 Å². The lowest BCUT2D eigenvalue weighted by molar-refractivity contribution is -0.142. The van der Waals surface area contributed by atoms with E-state index >= 15 is 0 Å². The molecular formula is C27H31N3O5. The van der Waals surface area contributed by atoms with Gasteiger partial charge in [-0.3, -0.25) is 9.59 Å². The Morgan fingerprint density at radius 3 is 2.29 bits per heavy atom. The molecule has 2 amide bonds. The van der Waals surface area contributed by atoms with Gasteiger partial charge in [0, 0.05) is 18.5 Å². The Morgan fingerprint density at radius 1 is 1.06 bits per heavy atom. The van der Waals surface area contributed by atoms with E-state index in [0.717, 1.165) is 22.3 Å². The molecule has 0 aromatic heterocycles. The number of fused-ring (bicyclic) bond motifs is 3. The minimum absolute atomic E-state index is 0.0744. The van der Waals surface area contributed by atoms with Crippen molar-refractivity contribution in [1.82, 2.24) is 15.5 Å². The van der Waals surface area contributed by atoms with Gasteiger partial charge in [0.05, 0.1) is 5.92 Å². The topological polar surface area (TPSA) is 108 Å². The van der Waals surface area contributed by atoms with Crippen molar-refractivity contribution in [3.05, 3.63) is 71.8 Å². The number of carbonyl (C=O) groups is 3. The van der Waals surface area contributed by atoms with Crippen molar-refractivity contribution in [3.63, 3.8) is 0 Å². The molecule has 0 radical (unpaired) electrons. The molecule has 2 aromatic rings. The van der Waals surface area contributed by atoms with Crippen LogP contribution in [0.1, 0.15) is 29.9 Å². The van der Waals surface area contributed by atoms with Gasteiger partial charge in [-0.15, -0.1) is 0 Å². The molecule has 0 fully saturated rings. The van der Waals surface area contributed by atoms with Gasteiger partial charge in [-0.05, 0) is 49.2 Å². The zero-order valence-corrected chi connectivity index (χ0v) is 19.9. The molecule has 2 aliphatic rings. The van der Waals surface area contributed by atoms with E-state index in [1.54, 1.807) is 31.1 Å². The van der Waals surface area contributed by atoms with Gasteiger partial charge >= 0.3 is 12.1 Å². The minimum Gasteiger partial charge on any atom is -0.481 e. The zero-order valence-electron chi connectivity index (χ0n) is 19.9. The standard InChI is InChI=1S/C27H31N3O5/c1-30(2)15-24(25(31)28-18-9-7-8-17(14-18)26(32)33)29-27(34)35-16-23-21-12-5-3-10-19(21)20-11-4-6-13-22(20)23/h3-7,9-13,17-18,23-24H,8,14-16H2,1-2H3,(H,28,31)(H,29,34)(H,32,33)/t17-,18-,24?/m1/s1. The molecule has 8 heteroatoms. The van der Waals surface area contributed by atoms with Gasteiger partial charge in [0.15, 0.2) is 0 Å². The van der Waals surface area contributed by atoms with Gasteiger partial charge in [-0.2, -0.15) is 0 Å². The largest absolute Gasteiger partial charge is 0.481 e. The molecule has 184 valence electrons. The Balaban J connectivity index is 1.38. The third-order valence-corrected chi connectivity index (χ3v) is 6.50. The summed E-state index contributed by atoms with van der Waals surface area (Å²) in [7, 11) is 3.61. The Kier molecular flexibility index (Phi) is 7.51. The fourth-order valence-corrected chi connectivity index (χ4v) is 4.82. The van der Waals surface area contributed by atoms with Crippen LogP contribution in [0.4, 0.5) is 4.79 Å². The van der Waals surface area contributed by atoms with Gasteiger partial charge in [0.2, 0.25) is 5.91 Å². The van der Waals surface area contributed by atoms with Crippen molar-refractivity contribution in [3.8, 4) is 11.1 Å². The number of hydrogen-bond acceptors (Lipinski definition) is 5. The molecule has 3 atom stereocenters. The number of ether oxygens (including phenoxy) is 1. The second-order valence-corrected chi connectivity index (χ2v) is 9.33. The molecule has 0 saturated carbocycles. The van der Waals surface area contributed by atoms with Gasteiger partial charge in [-0.25, -0.2) is 4.79 Å². The Hall–Kier alpha value is -3.65. The van der Waals surface area contributed by atoms with Crippen LogP contribution < -0.4 is 10.6 Å². The number of hydrogen-bond donors (Lipinski definition) is 3. The molecule has 2 aromatic carbocycles. The number of benzene rings is 2. The van der Waals surface area contributed by atoms with Crippen LogP contribution in [0, 0.1) is 5.92 Å². The quantitative estimate of drug-likeness (QED) is 0.505. The lowest BCUT2D eigenvalue weighted by Gasteiger charge is -2.27. The maximum atomic E-state index is 13.0. The van der Waals surface area contributed by atoms with Gasteiger partial charge < -0.3 is 25.4 Å². The van der Waals surface area contributed by atoms with E-state index in [9.17, 15) is 19.5 Å². The number of likely N-dealkylation sites (N-methyl/N-ethyl adjacent to an activating group) is 1. The summed E-state index contributed by atoms with van der Waals surface area (Å²) in [4.78, 5) is 38.8. The summed E-state index contributed by atoms with van der Waals surface area (Å²) < 4.78 is 5.60. The number of allylic oxidation sites excluding steroid dienone is 1. The van der Waals surface area contributed by atoms with Crippen molar-refractivity contribution >= 4 is 18.0 Å². The first kappa shape index (κ1) is 24.5. The monoisotopic (exact) mass is 477 g/mol. The van der Waals surface area contributed by atoms with Crippen LogP contribution in [0.25, 0.3) is 11.1 Å². The molecule has 8 nitrogen and oxygen atoms in total. The number of nitrogens with zero attached hydrogens (tertiary/aromatic N) is 1. The number of aliphatic carboxylic acids is 1. The van der Waals surface area contributed by atoms with Crippen LogP contribution in [-0.2, 0) is 14.3 Å². The predicted molar refractivity (Wildman–Crippen MR) is 132 cm³/mol. The zero-order chi connectivity index (χ0) is 24.9. The second kappa shape index (κ2) is 10.7. The number of nitrogens with one attached hydrogen (secondary N) is 2. The highest BCUT2D eigenvalue weighted by Gasteiger charge is 2.31. The number of carboxylic acid groups (broad SMARTS) is 1. The maximum Gasteiger partial charge on any atom is 0.407 e. The number of alkyl carbamates (subject to hydrolysis) is 1. The predicted octanol–water partition coefficient (Wildman–Crippen LogP) is 2.99. The third kappa shape index (κ3) is 5.71. The van der Waals surface area contributed by atoms with Crippen molar-refractivity contribution < 1.29 is 24.2 Å². The average Bonchev–Trinajstić information content (AvgIpc) is 3.16. The molecule has 0 spiro atoms. The summed E-state index contributed by atoms with van der Waals surface area (Å²) in [5.74, 6) is -1.87. The Morgan fingerprint density at radius 2 is 1.69 bits per heavy atom. The molecule has 0 aliphatic heterocycles. The lowest BCUT2D eigenvalue weighted by Crippen LogP contribution is -2.54. The third-order valence-electron chi connectivity index (χ3n) is 6.50. The van der Waals surface area contributed by atoms with Crippen molar-refractivity contribution in [2.24, 2.45) is 5.92 Å². The molecule has 4 rings (SSSR count). The molecule has 0 heterocycles. The number of rotatable bonds is 8. The Labute approximate surface area is 205 Å². The summed E-state index contributed by atoms with van der Waals surface area (Å²) in [6.45, 7) is 0.427. The lowest BCUT2D eigenvalue weighted by atomic mass is 9.91.